The molecule has 0 amide bonds. The number of ether oxygens (including phenoxy) is 2. The minimum atomic E-state index is -0.424. The van der Waals surface area contributed by atoms with Crippen molar-refractivity contribution in [2.24, 2.45) is 0 Å². The van der Waals surface area contributed by atoms with E-state index in [0.29, 0.717) is 13.0 Å². The highest BCUT2D eigenvalue weighted by Crippen LogP contribution is 2.30. The fourth-order valence-corrected chi connectivity index (χ4v) is 2.50. The van der Waals surface area contributed by atoms with Gasteiger partial charge in [-0.25, -0.2) is 0 Å². The molecule has 0 fully saturated rings. The maximum Gasteiger partial charge on any atom is 0.124 e. The van der Waals surface area contributed by atoms with Gasteiger partial charge in [-0.15, -0.1) is 0 Å². The quantitative estimate of drug-likeness (QED) is 0.561. The van der Waals surface area contributed by atoms with Gasteiger partial charge in [-0.1, -0.05) is 13.8 Å². The summed E-state index contributed by atoms with van der Waals surface area (Å²) in [6, 6.07) is 6.03. The third-order valence-corrected chi connectivity index (χ3v) is 4.31. The summed E-state index contributed by atoms with van der Waals surface area (Å²) in [7, 11) is 1.93. The number of aliphatic hydroxyl groups excluding tert-OH is 1. The molecule has 0 aliphatic rings. The first-order valence-corrected chi connectivity index (χ1v) is 9.57. The van der Waals surface area contributed by atoms with Crippen LogP contribution in [-0.4, -0.2) is 48.2 Å². The number of aryl methyl sites for hydroxylation is 1. The number of hydrogen-bond acceptors (Lipinski definition) is 5. The van der Waals surface area contributed by atoms with E-state index < -0.39 is 5.60 Å². The molecular formula is C21H37NO4. The number of rotatable bonds is 12. The first-order valence-electron chi connectivity index (χ1n) is 9.57. The fraction of sp³-hybridized carbons (Fsp3) is 0.714. The van der Waals surface area contributed by atoms with Gasteiger partial charge < -0.3 is 14.6 Å². The van der Waals surface area contributed by atoms with Crippen LogP contribution in [0.2, 0.25) is 0 Å². The summed E-state index contributed by atoms with van der Waals surface area (Å²) in [6.07, 6.45) is 2.26. The van der Waals surface area contributed by atoms with Gasteiger partial charge in [-0.2, -0.15) is 5.06 Å². The summed E-state index contributed by atoms with van der Waals surface area (Å²) in [5.41, 5.74) is 0.390. The van der Waals surface area contributed by atoms with Crippen LogP contribution in [0.3, 0.4) is 0 Å². The average Bonchev–Trinajstić information content (AvgIpc) is 2.52. The standard InChI is InChI=1S/C21H37NO4/c1-8-17-14-18(25-20(3,4)10-12-23)16-19(15-17)26-21(5,6)11-13-24-22(7)9-2/h14-16,23H,8-13H2,1-7H3. The molecule has 0 heterocycles. The Morgan fingerprint density at radius 3 is 1.92 bits per heavy atom. The van der Waals surface area contributed by atoms with Crippen LogP contribution in [0, 0.1) is 0 Å². The summed E-state index contributed by atoms with van der Waals surface area (Å²) < 4.78 is 12.3. The topological polar surface area (TPSA) is 51.2 Å². The van der Waals surface area contributed by atoms with Gasteiger partial charge in [0.05, 0.1) is 6.61 Å². The highest BCUT2D eigenvalue weighted by atomic mass is 16.7. The van der Waals surface area contributed by atoms with E-state index in [1.807, 2.05) is 38.1 Å². The molecule has 0 spiro atoms. The Morgan fingerprint density at radius 2 is 1.46 bits per heavy atom. The van der Waals surface area contributed by atoms with Crippen LogP contribution in [-0.2, 0) is 11.3 Å². The Balaban J connectivity index is 2.83. The highest BCUT2D eigenvalue weighted by molar-refractivity contribution is 5.39. The molecule has 0 radical (unpaired) electrons. The van der Waals surface area contributed by atoms with Crippen molar-refractivity contribution in [1.82, 2.24) is 5.06 Å². The number of nitrogens with zero attached hydrogens (tertiary/aromatic N) is 1. The Bertz CT molecular complexity index is 543. The summed E-state index contributed by atoms with van der Waals surface area (Å²) in [5.74, 6) is 1.57. The predicted octanol–water partition coefficient (Wildman–Crippen LogP) is 4.22. The lowest BCUT2D eigenvalue weighted by molar-refractivity contribution is -0.145. The molecule has 5 nitrogen and oxygen atoms in total. The smallest absolute Gasteiger partial charge is 0.124 e. The molecule has 0 unspecified atom stereocenters. The first-order chi connectivity index (χ1) is 12.1. The number of hydrogen-bond donors (Lipinski definition) is 1. The minimum absolute atomic E-state index is 0.100. The van der Waals surface area contributed by atoms with Gasteiger partial charge in [0.25, 0.3) is 0 Å². The minimum Gasteiger partial charge on any atom is -0.488 e. The van der Waals surface area contributed by atoms with Crippen molar-refractivity contribution in [1.29, 1.82) is 0 Å². The molecule has 0 saturated carbocycles. The molecule has 1 rings (SSSR count). The lowest BCUT2D eigenvalue weighted by Gasteiger charge is -2.29. The van der Waals surface area contributed by atoms with E-state index in [4.69, 9.17) is 14.3 Å². The molecular weight excluding hydrogens is 330 g/mol. The van der Waals surface area contributed by atoms with E-state index in [0.717, 1.165) is 36.4 Å². The largest absolute Gasteiger partial charge is 0.488 e. The van der Waals surface area contributed by atoms with Gasteiger partial charge in [-0.3, -0.25) is 4.84 Å². The van der Waals surface area contributed by atoms with Crippen molar-refractivity contribution in [3.8, 4) is 11.5 Å². The second-order valence-corrected chi connectivity index (χ2v) is 7.89. The van der Waals surface area contributed by atoms with Gasteiger partial charge in [0.15, 0.2) is 0 Å². The molecule has 1 aromatic rings. The summed E-state index contributed by atoms with van der Waals surface area (Å²) in [6.45, 7) is 13.8. The Kier molecular flexibility index (Phi) is 8.87. The second kappa shape index (κ2) is 10.1. The summed E-state index contributed by atoms with van der Waals surface area (Å²) in [5, 5.41) is 11.0. The molecule has 0 bridgehead atoms. The number of aliphatic hydroxyl groups is 1. The Hall–Kier alpha value is -1.30. The number of hydroxylamine groups is 2. The molecule has 150 valence electrons. The SMILES string of the molecule is CCc1cc(OC(C)(C)CCO)cc(OC(C)(C)CCON(C)CC)c1. The molecule has 0 atom stereocenters. The van der Waals surface area contributed by atoms with E-state index in [2.05, 4.69) is 33.8 Å². The van der Waals surface area contributed by atoms with E-state index in [1.54, 1.807) is 0 Å². The zero-order valence-electron chi connectivity index (χ0n) is 17.6. The normalized spacial score (nSPS) is 12.5. The lowest BCUT2D eigenvalue weighted by Crippen LogP contribution is -2.32. The van der Waals surface area contributed by atoms with Crippen LogP contribution in [0.15, 0.2) is 18.2 Å². The van der Waals surface area contributed by atoms with E-state index in [-0.39, 0.29) is 12.2 Å². The van der Waals surface area contributed by atoms with Crippen molar-refractivity contribution >= 4 is 0 Å². The molecule has 0 aliphatic heterocycles. The van der Waals surface area contributed by atoms with Crippen LogP contribution in [0.4, 0.5) is 0 Å². The van der Waals surface area contributed by atoms with Crippen molar-refractivity contribution < 1.29 is 19.4 Å². The molecule has 26 heavy (non-hydrogen) atoms. The van der Waals surface area contributed by atoms with Crippen LogP contribution in [0.5, 0.6) is 11.5 Å². The average molecular weight is 368 g/mol. The van der Waals surface area contributed by atoms with Gasteiger partial charge >= 0.3 is 0 Å². The highest BCUT2D eigenvalue weighted by Gasteiger charge is 2.23. The molecule has 1 N–H and O–H groups in total. The molecule has 5 heteroatoms. The van der Waals surface area contributed by atoms with E-state index in [1.165, 1.54) is 0 Å². The zero-order chi connectivity index (χ0) is 19.8. The van der Waals surface area contributed by atoms with Crippen LogP contribution in [0.25, 0.3) is 0 Å². The third kappa shape index (κ3) is 8.39. The van der Waals surface area contributed by atoms with Crippen LogP contribution < -0.4 is 9.47 Å². The van der Waals surface area contributed by atoms with Crippen molar-refractivity contribution in [3.05, 3.63) is 23.8 Å². The first kappa shape index (κ1) is 22.7. The molecule has 0 saturated heterocycles. The summed E-state index contributed by atoms with van der Waals surface area (Å²) >= 11 is 0. The molecule has 1 aromatic carbocycles. The van der Waals surface area contributed by atoms with Gasteiger partial charge in [0.2, 0.25) is 0 Å². The van der Waals surface area contributed by atoms with E-state index >= 15 is 0 Å². The third-order valence-electron chi connectivity index (χ3n) is 4.31. The van der Waals surface area contributed by atoms with Gasteiger partial charge in [-0.05, 0) is 51.8 Å². The monoisotopic (exact) mass is 367 g/mol. The molecule has 0 aromatic heterocycles. The Morgan fingerprint density at radius 1 is 0.923 bits per heavy atom. The summed E-state index contributed by atoms with van der Waals surface area (Å²) in [4.78, 5) is 5.63. The van der Waals surface area contributed by atoms with Crippen LogP contribution >= 0.6 is 0 Å². The lowest BCUT2D eigenvalue weighted by atomic mass is 10.0. The van der Waals surface area contributed by atoms with Crippen molar-refractivity contribution in [2.45, 2.75) is 72.0 Å². The fourth-order valence-electron chi connectivity index (χ4n) is 2.50. The van der Waals surface area contributed by atoms with Crippen molar-refractivity contribution in [2.75, 3.05) is 26.8 Å². The second-order valence-electron chi connectivity index (χ2n) is 7.89. The maximum atomic E-state index is 9.21. The van der Waals surface area contributed by atoms with Crippen molar-refractivity contribution in [3.63, 3.8) is 0 Å². The predicted molar refractivity (Wildman–Crippen MR) is 106 cm³/mol. The van der Waals surface area contributed by atoms with Gasteiger partial charge in [0.1, 0.15) is 22.7 Å². The van der Waals surface area contributed by atoms with E-state index in [9.17, 15) is 5.11 Å². The zero-order valence-corrected chi connectivity index (χ0v) is 17.6. The maximum absolute atomic E-state index is 9.21. The Labute approximate surface area is 159 Å². The van der Waals surface area contributed by atoms with Crippen LogP contribution in [0.1, 0.15) is 59.9 Å². The number of benzene rings is 1. The van der Waals surface area contributed by atoms with Gasteiger partial charge in [0, 0.05) is 39.1 Å². The molecule has 0 aliphatic carbocycles.